The van der Waals surface area contributed by atoms with Crippen molar-refractivity contribution in [1.29, 1.82) is 0 Å². The van der Waals surface area contributed by atoms with Crippen LogP contribution >= 0.6 is 23.5 Å². The summed E-state index contributed by atoms with van der Waals surface area (Å²) >= 11 is 3.00. The summed E-state index contributed by atoms with van der Waals surface area (Å²) in [5.74, 6) is -1.24. The largest absolute Gasteiger partial charge is 0.421 e. The molecule has 3 fully saturated rings. The molecule has 7 nitrogen and oxygen atoms in total. The Morgan fingerprint density at radius 2 is 2.09 bits per heavy atom. The number of aromatic nitrogens is 2. The SMILES string of the molecule is CCCSc1nsnc1[C@@H]1CN2C[C@@H]1CCC21OC(=O)C(=O)O1. The number of piperidine rings is 1. The molecule has 3 saturated heterocycles. The molecular formula is C14H17N3O4S2. The lowest BCUT2D eigenvalue weighted by Gasteiger charge is -2.37. The van der Waals surface area contributed by atoms with Gasteiger partial charge < -0.3 is 9.47 Å². The highest BCUT2D eigenvalue weighted by atomic mass is 32.2. The second kappa shape index (κ2) is 5.71. The van der Waals surface area contributed by atoms with Crippen molar-refractivity contribution in [3.8, 4) is 0 Å². The van der Waals surface area contributed by atoms with Crippen LogP contribution in [0.4, 0.5) is 0 Å². The molecule has 1 unspecified atom stereocenters. The van der Waals surface area contributed by atoms with E-state index in [0.29, 0.717) is 18.9 Å². The van der Waals surface area contributed by atoms with Gasteiger partial charge in [-0.2, -0.15) is 8.75 Å². The maximum Gasteiger partial charge on any atom is 0.421 e. The molecule has 124 valence electrons. The number of esters is 2. The van der Waals surface area contributed by atoms with E-state index in [1.165, 1.54) is 11.7 Å². The molecule has 0 saturated carbocycles. The molecule has 0 aliphatic carbocycles. The Labute approximate surface area is 142 Å². The monoisotopic (exact) mass is 355 g/mol. The number of hydrogen-bond donors (Lipinski definition) is 0. The van der Waals surface area contributed by atoms with E-state index in [-0.39, 0.29) is 5.92 Å². The Bertz CT molecular complexity index is 634. The number of rotatable bonds is 4. The quantitative estimate of drug-likeness (QED) is 0.458. The average Bonchev–Trinajstić information content (AvgIpc) is 3.20. The Morgan fingerprint density at radius 3 is 2.83 bits per heavy atom. The summed E-state index contributed by atoms with van der Waals surface area (Å²) in [5, 5.41) is 1.02. The second-order valence-electron chi connectivity index (χ2n) is 6.11. The fourth-order valence-corrected chi connectivity index (χ4v) is 5.24. The fourth-order valence-electron chi connectivity index (χ4n) is 3.62. The van der Waals surface area contributed by atoms with Gasteiger partial charge in [-0.15, -0.1) is 11.8 Å². The van der Waals surface area contributed by atoms with Gasteiger partial charge >= 0.3 is 17.8 Å². The molecule has 1 spiro atoms. The Kier molecular flexibility index (Phi) is 3.81. The van der Waals surface area contributed by atoms with Crippen LogP contribution in [0, 0.1) is 5.92 Å². The summed E-state index contributed by atoms with van der Waals surface area (Å²) in [6, 6.07) is 0. The van der Waals surface area contributed by atoms with Gasteiger partial charge in [0.25, 0.3) is 0 Å². The normalized spacial score (nSPS) is 31.4. The van der Waals surface area contributed by atoms with Crippen molar-refractivity contribution in [2.75, 3.05) is 18.8 Å². The van der Waals surface area contributed by atoms with Crippen molar-refractivity contribution in [3.05, 3.63) is 5.69 Å². The first kappa shape index (κ1) is 15.3. The van der Waals surface area contributed by atoms with E-state index in [4.69, 9.17) is 9.47 Å². The second-order valence-corrected chi connectivity index (χ2v) is 7.72. The van der Waals surface area contributed by atoms with Crippen molar-refractivity contribution < 1.29 is 19.1 Å². The molecule has 23 heavy (non-hydrogen) atoms. The molecule has 4 rings (SSSR count). The van der Waals surface area contributed by atoms with Crippen LogP contribution in [-0.2, 0) is 19.1 Å². The minimum atomic E-state index is -1.18. The first-order valence-electron chi connectivity index (χ1n) is 7.79. The summed E-state index contributed by atoms with van der Waals surface area (Å²) in [6.07, 6.45) is 2.47. The van der Waals surface area contributed by atoms with E-state index < -0.39 is 17.8 Å². The van der Waals surface area contributed by atoms with E-state index in [1.54, 1.807) is 11.8 Å². The zero-order chi connectivity index (χ0) is 16.0. The first-order valence-corrected chi connectivity index (χ1v) is 9.51. The molecular weight excluding hydrogens is 338 g/mol. The maximum absolute atomic E-state index is 11.5. The summed E-state index contributed by atoms with van der Waals surface area (Å²) in [6.45, 7) is 3.57. The van der Waals surface area contributed by atoms with Crippen LogP contribution in [0.5, 0.6) is 0 Å². The molecule has 4 heterocycles. The van der Waals surface area contributed by atoms with Gasteiger partial charge in [0, 0.05) is 25.4 Å². The topological polar surface area (TPSA) is 81.6 Å². The predicted molar refractivity (Wildman–Crippen MR) is 82.9 cm³/mol. The van der Waals surface area contributed by atoms with Crippen LogP contribution in [0.3, 0.4) is 0 Å². The van der Waals surface area contributed by atoms with Gasteiger partial charge in [0.05, 0.1) is 17.4 Å². The highest BCUT2D eigenvalue weighted by Gasteiger charge is 2.59. The van der Waals surface area contributed by atoms with Gasteiger partial charge in [-0.25, -0.2) is 14.5 Å². The number of carbonyl (C=O) groups is 2. The average molecular weight is 355 g/mol. The van der Waals surface area contributed by atoms with Gasteiger partial charge in [-0.3, -0.25) is 0 Å². The van der Waals surface area contributed by atoms with Crippen molar-refractivity contribution in [2.45, 2.75) is 43.0 Å². The zero-order valence-corrected chi connectivity index (χ0v) is 14.3. The van der Waals surface area contributed by atoms with Crippen LogP contribution in [0.15, 0.2) is 5.03 Å². The molecule has 3 aliphatic rings. The molecule has 0 amide bonds. The Morgan fingerprint density at radius 1 is 1.30 bits per heavy atom. The molecule has 0 radical (unpaired) electrons. The highest BCUT2D eigenvalue weighted by Crippen LogP contribution is 2.48. The number of fused-ring (bicyclic) bond motifs is 3. The van der Waals surface area contributed by atoms with E-state index in [9.17, 15) is 9.59 Å². The van der Waals surface area contributed by atoms with E-state index >= 15 is 0 Å². The van der Waals surface area contributed by atoms with Gasteiger partial charge in [0.15, 0.2) is 0 Å². The molecule has 0 aromatic carbocycles. The highest BCUT2D eigenvalue weighted by molar-refractivity contribution is 7.99. The van der Waals surface area contributed by atoms with Gasteiger partial charge in [-0.1, -0.05) is 6.92 Å². The smallest absolute Gasteiger partial charge is 0.400 e. The molecule has 1 aromatic heterocycles. The van der Waals surface area contributed by atoms with Gasteiger partial charge in [-0.05, 0) is 24.5 Å². The number of hydrogen-bond acceptors (Lipinski definition) is 9. The lowest BCUT2D eigenvalue weighted by atomic mass is 9.88. The molecule has 3 aliphatic heterocycles. The minimum absolute atomic E-state index is 0.255. The van der Waals surface area contributed by atoms with Crippen molar-refractivity contribution >= 4 is 35.4 Å². The molecule has 9 heteroatoms. The van der Waals surface area contributed by atoms with Gasteiger partial charge in [0.2, 0.25) is 0 Å². The third-order valence-electron chi connectivity index (χ3n) is 4.70. The fraction of sp³-hybridized carbons (Fsp3) is 0.714. The van der Waals surface area contributed by atoms with Crippen LogP contribution < -0.4 is 0 Å². The van der Waals surface area contributed by atoms with E-state index in [0.717, 1.165) is 35.9 Å². The summed E-state index contributed by atoms with van der Waals surface area (Å²) in [7, 11) is 0. The Balaban J connectivity index is 1.55. The van der Waals surface area contributed by atoms with Crippen LogP contribution in [0.2, 0.25) is 0 Å². The van der Waals surface area contributed by atoms with Crippen LogP contribution in [0.1, 0.15) is 37.8 Å². The van der Waals surface area contributed by atoms with E-state index in [2.05, 4.69) is 15.7 Å². The summed E-state index contributed by atoms with van der Waals surface area (Å²) < 4.78 is 19.5. The molecule has 0 N–H and O–H groups in total. The third-order valence-corrected chi connectivity index (χ3v) is 6.55. The number of carbonyl (C=O) groups excluding carboxylic acids is 2. The van der Waals surface area contributed by atoms with Crippen molar-refractivity contribution in [1.82, 2.24) is 13.6 Å². The van der Waals surface area contributed by atoms with Crippen molar-refractivity contribution in [2.24, 2.45) is 5.92 Å². The summed E-state index contributed by atoms with van der Waals surface area (Å²) in [4.78, 5) is 24.9. The predicted octanol–water partition coefficient (Wildman–Crippen LogP) is 1.60. The van der Waals surface area contributed by atoms with Crippen molar-refractivity contribution in [3.63, 3.8) is 0 Å². The maximum atomic E-state index is 11.5. The van der Waals surface area contributed by atoms with E-state index in [1.807, 2.05) is 4.90 Å². The zero-order valence-electron chi connectivity index (χ0n) is 12.7. The van der Waals surface area contributed by atoms with Crippen LogP contribution in [-0.4, -0.2) is 50.3 Å². The minimum Gasteiger partial charge on any atom is -0.400 e. The number of ether oxygens (including phenoxy) is 2. The molecule has 2 bridgehead atoms. The first-order chi connectivity index (χ1) is 11.1. The Hall–Kier alpha value is -1.19. The third kappa shape index (κ3) is 2.45. The molecule has 3 atom stereocenters. The van der Waals surface area contributed by atoms with Crippen LogP contribution in [0.25, 0.3) is 0 Å². The lowest BCUT2D eigenvalue weighted by molar-refractivity contribution is -0.257. The number of thioether (sulfide) groups is 1. The lowest BCUT2D eigenvalue weighted by Crippen LogP contribution is -2.51. The standard InChI is InChI=1S/C14H17N3O4S2/c1-2-5-22-11-10(15-23-16-11)9-7-17-6-8(9)3-4-14(17)20-12(18)13(19)21-14/h8-9H,2-7H2,1H3/t8-,9+/m0/s1. The summed E-state index contributed by atoms with van der Waals surface area (Å²) in [5.41, 5.74) is 1.05. The number of nitrogens with zero attached hydrogens (tertiary/aromatic N) is 3. The van der Waals surface area contributed by atoms with Gasteiger partial charge in [0.1, 0.15) is 5.03 Å². The molecule has 1 aromatic rings.